The Balaban J connectivity index is 1.97. The Hall–Kier alpha value is -1.10. The summed E-state index contributed by atoms with van der Waals surface area (Å²) >= 11 is 0. The molecule has 2 aliphatic rings. The molecule has 3 N–H and O–H groups in total. The molecule has 1 aliphatic carbocycles. The Morgan fingerprint density at radius 3 is 2.62 bits per heavy atom. The molecular weight excluding hydrogens is 208 g/mol. The third-order valence-electron chi connectivity index (χ3n) is 3.56. The van der Waals surface area contributed by atoms with Crippen LogP contribution in [0.5, 0.6) is 0 Å². The lowest BCUT2D eigenvalue weighted by atomic mass is 9.88. The lowest BCUT2D eigenvalue weighted by Crippen LogP contribution is -2.49. The van der Waals surface area contributed by atoms with Gasteiger partial charge in [0.25, 0.3) is 0 Å². The number of carboxylic acid groups (broad SMARTS) is 1. The molecule has 1 saturated carbocycles. The molecule has 2 rings (SSSR count). The highest BCUT2D eigenvalue weighted by Gasteiger charge is 2.42. The largest absolute Gasteiger partial charge is 0.480 e. The second-order valence-electron chi connectivity index (χ2n) is 5.11. The number of carbonyl (C=O) groups excluding carboxylic acids is 1. The summed E-state index contributed by atoms with van der Waals surface area (Å²) in [6, 6.07) is -0.690. The van der Waals surface area contributed by atoms with E-state index >= 15 is 0 Å². The van der Waals surface area contributed by atoms with Crippen molar-refractivity contribution in [1.29, 1.82) is 0 Å². The molecule has 5 nitrogen and oxygen atoms in total. The van der Waals surface area contributed by atoms with Crippen molar-refractivity contribution in [2.24, 2.45) is 11.3 Å². The summed E-state index contributed by atoms with van der Waals surface area (Å²) < 4.78 is 0. The van der Waals surface area contributed by atoms with Gasteiger partial charge in [0, 0.05) is 6.54 Å². The van der Waals surface area contributed by atoms with Crippen LogP contribution >= 0.6 is 0 Å². The molecule has 0 aromatic carbocycles. The van der Waals surface area contributed by atoms with Crippen molar-refractivity contribution in [3.8, 4) is 0 Å². The van der Waals surface area contributed by atoms with Gasteiger partial charge in [0.05, 0.1) is 5.41 Å². The maximum Gasteiger partial charge on any atom is 0.326 e. The van der Waals surface area contributed by atoms with Crippen molar-refractivity contribution in [1.82, 2.24) is 10.6 Å². The normalized spacial score (nSPS) is 31.1. The fraction of sp³-hybridized carbons (Fsp3) is 0.818. The Morgan fingerprint density at radius 2 is 2.19 bits per heavy atom. The lowest BCUT2D eigenvalue weighted by molar-refractivity contribution is -0.144. The van der Waals surface area contributed by atoms with Crippen LogP contribution in [0.3, 0.4) is 0 Å². The van der Waals surface area contributed by atoms with Crippen molar-refractivity contribution < 1.29 is 14.7 Å². The summed E-state index contributed by atoms with van der Waals surface area (Å²) in [6.45, 7) is 3.34. The Kier molecular flexibility index (Phi) is 2.88. The van der Waals surface area contributed by atoms with Crippen LogP contribution in [0, 0.1) is 11.3 Å². The number of carbonyl (C=O) groups is 2. The molecule has 2 unspecified atom stereocenters. The van der Waals surface area contributed by atoms with Gasteiger partial charge >= 0.3 is 5.97 Å². The highest BCUT2D eigenvalue weighted by molar-refractivity contribution is 5.88. The van der Waals surface area contributed by atoms with Gasteiger partial charge in [-0.05, 0) is 38.6 Å². The van der Waals surface area contributed by atoms with Crippen LogP contribution in [0.1, 0.15) is 26.2 Å². The fourth-order valence-corrected chi connectivity index (χ4v) is 2.14. The van der Waals surface area contributed by atoms with Crippen LogP contribution in [0.25, 0.3) is 0 Å². The molecule has 1 aliphatic heterocycles. The highest BCUT2D eigenvalue weighted by Crippen LogP contribution is 2.34. The van der Waals surface area contributed by atoms with Gasteiger partial charge < -0.3 is 15.7 Å². The smallest absolute Gasteiger partial charge is 0.326 e. The van der Waals surface area contributed by atoms with Gasteiger partial charge in [-0.1, -0.05) is 0 Å². The molecule has 2 atom stereocenters. The minimum Gasteiger partial charge on any atom is -0.480 e. The summed E-state index contributed by atoms with van der Waals surface area (Å²) in [5.41, 5.74) is -0.442. The molecule has 1 amide bonds. The Labute approximate surface area is 94.6 Å². The monoisotopic (exact) mass is 226 g/mol. The molecular formula is C11H18N2O3. The SMILES string of the molecule is CC1(C(=O)NC(C(=O)O)C2CC2)CCNC1. The van der Waals surface area contributed by atoms with Crippen molar-refractivity contribution in [3.05, 3.63) is 0 Å². The molecule has 5 heteroatoms. The van der Waals surface area contributed by atoms with Crippen LogP contribution in [-0.4, -0.2) is 36.1 Å². The first-order valence-electron chi connectivity index (χ1n) is 5.77. The quantitative estimate of drug-likeness (QED) is 0.629. The average molecular weight is 226 g/mol. The first kappa shape index (κ1) is 11.4. The summed E-state index contributed by atoms with van der Waals surface area (Å²) in [5, 5.41) is 14.8. The zero-order chi connectivity index (χ0) is 11.8. The highest BCUT2D eigenvalue weighted by atomic mass is 16.4. The number of aliphatic carboxylic acids is 1. The number of carboxylic acids is 1. The van der Waals surface area contributed by atoms with Gasteiger partial charge in [-0.3, -0.25) is 4.79 Å². The maximum absolute atomic E-state index is 12.0. The van der Waals surface area contributed by atoms with Gasteiger partial charge in [0.15, 0.2) is 0 Å². The van der Waals surface area contributed by atoms with E-state index in [1.807, 2.05) is 6.92 Å². The van der Waals surface area contributed by atoms with Crippen molar-refractivity contribution in [2.75, 3.05) is 13.1 Å². The van der Waals surface area contributed by atoms with Crippen LogP contribution < -0.4 is 10.6 Å². The van der Waals surface area contributed by atoms with E-state index in [-0.39, 0.29) is 11.8 Å². The predicted octanol–water partition coefficient (Wildman–Crippen LogP) is -0.0346. The molecule has 90 valence electrons. The number of nitrogens with one attached hydrogen (secondary N) is 2. The predicted molar refractivity (Wildman–Crippen MR) is 57.9 cm³/mol. The molecule has 1 saturated heterocycles. The van der Waals surface area contributed by atoms with Gasteiger partial charge in [-0.25, -0.2) is 4.79 Å². The standard InChI is InChI=1S/C11H18N2O3/c1-11(4-5-12-6-11)10(16)13-8(9(14)15)7-2-3-7/h7-8,12H,2-6H2,1H3,(H,13,16)(H,14,15). The average Bonchev–Trinajstić information content (AvgIpc) is 2.96. The molecule has 2 fully saturated rings. The molecule has 16 heavy (non-hydrogen) atoms. The zero-order valence-corrected chi connectivity index (χ0v) is 9.45. The summed E-state index contributed by atoms with van der Waals surface area (Å²) in [5.74, 6) is -0.901. The first-order chi connectivity index (χ1) is 7.53. The topological polar surface area (TPSA) is 78.4 Å². The number of rotatable bonds is 4. The second-order valence-corrected chi connectivity index (χ2v) is 5.11. The van der Waals surface area contributed by atoms with E-state index in [9.17, 15) is 9.59 Å². The molecule has 0 bridgehead atoms. The lowest BCUT2D eigenvalue weighted by Gasteiger charge is -2.24. The third kappa shape index (κ3) is 2.19. The van der Waals surface area contributed by atoms with Gasteiger partial charge in [0.1, 0.15) is 6.04 Å². The van der Waals surface area contributed by atoms with Gasteiger partial charge in [0.2, 0.25) is 5.91 Å². The Morgan fingerprint density at radius 1 is 1.50 bits per heavy atom. The maximum atomic E-state index is 12.0. The van der Waals surface area contributed by atoms with Crippen LogP contribution in [-0.2, 0) is 9.59 Å². The minimum absolute atomic E-state index is 0.128. The molecule has 0 radical (unpaired) electrons. The number of hydrogen-bond acceptors (Lipinski definition) is 3. The van der Waals surface area contributed by atoms with Crippen molar-refractivity contribution >= 4 is 11.9 Å². The molecule has 0 aromatic rings. The van der Waals surface area contributed by atoms with E-state index in [0.29, 0.717) is 6.54 Å². The molecule has 1 heterocycles. The van der Waals surface area contributed by atoms with E-state index in [4.69, 9.17) is 5.11 Å². The first-order valence-corrected chi connectivity index (χ1v) is 5.77. The van der Waals surface area contributed by atoms with Crippen LogP contribution in [0.2, 0.25) is 0 Å². The van der Waals surface area contributed by atoms with E-state index in [2.05, 4.69) is 10.6 Å². The van der Waals surface area contributed by atoms with Gasteiger partial charge in [-0.2, -0.15) is 0 Å². The molecule has 0 spiro atoms. The summed E-state index contributed by atoms with van der Waals surface area (Å²) in [4.78, 5) is 23.0. The second kappa shape index (κ2) is 4.05. The van der Waals surface area contributed by atoms with Crippen LogP contribution in [0.15, 0.2) is 0 Å². The fourth-order valence-electron chi connectivity index (χ4n) is 2.14. The Bertz CT molecular complexity index is 306. The van der Waals surface area contributed by atoms with E-state index in [1.165, 1.54) is 0 Å². The van der Waals surface area contributed by atoms with Crippen LogP contribution in [0.4, 0.5) is 0 Å². The van der Waals surface area contributed by atoms with E-state index in [1.54, 1.807) is 0 Å². The molecule has 0 aromatic heterocycles. The number of hydrogen-bond donors (Lipinski definition) is 3. The minimum atomic E-state index is -0.912. The van der Waals surface area contributed by atoms with Gasteiger partial charge in [-0.15, -0.1) is 0 Å². The zero-order valence-electron chi connectivity index (χ0n) is 9.45. The van der Waals surface area contributed by atoms with E-state index in [0.717, 1.165) is 25.8 Å². The van der Waals surface area contributed by atoms with Crippen molar-refractivity contribution in [2.45, 2.75) is 32.2 Å². The third-order valence-corrected chi connectivity index (χ3v) is 3.56. The number of amides is 1. The van der Waals surface area contributed by atoms with Crippen molar-refractivity contribution in [3.63, 3.8) is 0 Å². The summed E-state index contributed by atoms with van der Waals surface area (Å²) in [6.07, 6.45) is 2.59. The van der Waals surface area contributed by atoms with E-state index < -0.39 is 17.4 Å². The summed E-state index contributed by atoms with van der Waals surface area (Å²) in [7, 11) is 0.